The summed E-state index contributed by atoms with van der Waals surface area (Å²) in [6.45, 7) is 3.56. The smallest absolute Gasteiger partial charge is 0.347 e. The van der Waals surface area contributed by atoms with Crippen LogP contribution in [0.15, 0.2) is 79.4 Å². The lowest BCUT2D eigenvalue weighted by molar-refractivity contribution is -0.150. The molecule has 0 unspecified atom stereocenters. The normalized spacial score (nSPS) is 12.1. The van der Waals surface area contributed by atoms with Gasteiger partial charge in [-0.2, -0.15) is 9.78 Å². The highest BCUT2D eigenvalue weighted by Crippen LogP contribution is 2.35. The van der Waals surface area contributed by atoms with E-state index in [1.165, 1.54) is 18.0 Å². The molecule has 0 bridgehead atoms. The number of hydrogen-bond acceptors (Lipinski definition) is 9. The Balaban J connectivity index is 1.60. The molecule has 3 aromatic carbocycles. The van der Waals surface area contributed by atoms with Crippen molar-refractivity contribution in [1.29, 1.82) is 0 Å². The average Bonchev–Trinajstić information content (AvgIpc) is 3.42. The van der Waals surface area contributed by atoms with E-state index < -0.39 is 12.1 Å². The lowest BCUT2D eigenvalue weighted by atomic mass is 10.2. The van der Waals surface area contributed by atoms with E-state index in [4.69, 9.17) is 28.3 Å². The Hall–Kier alpha value is -4.64. The molecule has 0 saturated carbocycles. The summed E-state index contributed by atoms with van der Waals surface area (Å²) in [5.41, 5.74) is 1.29. The standard InChI is InChI=1S/C30H26BrN3O7/c1-5-39-30(36)17(2)40-26-15-21(31)18(13-25(26)38-4)16-32-34-28(33-22-10-7-6-9-19(22)29(34)35)27-14-20-23(37-3)11-8-12-24(20)41-27/h6-17H,5H2,1-4H3/t17-/m1/s1. The summed E-state index contributed by atoms with van der Waals surface area (Å²) in [6.07, 6.45) is 0.651. The van der Waals surface area contributed by atoms with Gasteiger partial charge >= 0.3 is 5.97 Å². The van der Waals surface area contributed by atoms with Gasteiger partial charge in [0.1, 0.15) is 11.3 Å². The fourth-order valence-electron chi connectivity index (χ4n) is 4.23. The number of para-hydroxylation sites is 1. The van der Waals surface area contributed by atoms with Gasteiger partial charge in [-0.05, 0) is 72.2 Å². The first-order valence-electron chi connectivity index (χ1n) is 12.7. The third-order valence-corrected chi connectivity index (χ3v) is 6.92. The zero-order valence-corrected chi connectivity index (χ0v) is 24.3. The first kappa shape index (κ1) is 27.9. The van der Waals surface area contributed by atoms with Crippen molar-refractivity contribution in [1.82, 2.24) is 9.66 Å². The molecular weight excluding hydrogens is 594 g/mol. The highest BCUT2D eigenvalue weighted by molar-refractivity contribution is 9.10. The van der Waals surface area contributed by atoms with Crippen LogP contribution in [0, 0.1) is 0 Å². The zero-order valence-electron chi connectivity index (χ0n) is 22.7. The fourth-order valence-corrected chi connectivity index (χ4v) is 4.66. The maximum Gasteiger partial charge on any atom is 0.347 e. The van der Waals surface area contributed by atoms with Crippen LogP contribution < -0.4 is 19.8 Å². The van der Waals surface area contributed by atoms with Crippen LogP contribution in [-0.2, 0) is 9.53 Å². The Morgan fingerprint density at radius 1 is 1.05 bits per heavy atom. The predicted molar refractivity (Wildman–Crippen MR) is 158 cm³/mol. The van der Waals surface area contributed by atoms with Crippen LogP contribution >= 0.6 is 15.9 Å². The highest BCUT2D eigenvalue weighted by Gasteiger charge is 2.20. The Morgan fingerprint density at radius 2 is 1.83 bits per heavy atom. The van der Waals surface area contributed by atoms with Gasteiger partial charge in [-0.3, -0.25) is 4.79 Å². The van der Waals surface area contributed by atoms with E-state index in [0.717, 1.165) is 5.39 Å². The van der Waals surface area contributed by atoms with E-state index in [2.05, 4.69) is 21.0 Å². The second-order valence-electron chi connectivity index (χ2n) is 8.83. The van der Waals surface area contributed by atoms with E-state index in [1.54, 1.807) is 57.4 Å². The molecule has 0 amide bonds. The Kier molecular flexibility index (Phi) is 8.06. The number of esters is 1. The quantitative estimate of drug-likeness (QED) is 0.150. The number of ether oxygens (including phenoxy) is 4. The third kappa shape index (κ3) is 5.53. The number of hydrogen-bond donors (Lipinski definition) is 0. The molecule has 0 radical (unpaired) electrons. The number of halogens is 1. The number of furan rings is 1. The van der Waals surface area contributed by atoms with Gasteiger partial charge in [0.25, 0.3) is 5.56 Å². The van der Waals surface area contributed by atoms with Crippen molar-refractivity contribution in [3.05, 3.63) is 81.1 Å². The highest BCUT2D eigenvalue weighted by atomic mass is 79.9. The van der Waals surface area contributed by atoms with Crippen molar-refractivity contribution in [3.8, 4) is 28.8 Å². The molecule has 0 saturated heterocycles. The van der Waals surface area contributed by atoms with E-state index in [9.17, 15) is 9.59 Å². The summed E-state index contributed by atoms with van der Waals surface area (Å²) >= 11 is 3.52. The summed E-state index contributed by atoms with van der Waals surface area (Å²) in [6, 6.07) is 17.6. The van der Waals surface area contributed by atoms with Gasteiger partial charge in [-0.1, -0.05) is 18.2 Å². The lowest BCUT2D eigenvalue weighted by Crippen LogP contribution is -2.26. The number of nitrogens with zero attached hydrogens (tertiary/aromatic N) is 3. The number of fused-ring (bicyclic) bond motifs is 2. The van der Waals surface area contributed by atoms with Crippen molar-refractivity contribution in [3.63, 3.8) is 0 Å². The minimum Gasteiger partial charge on any atom is -0.496 e. The minimum absolute atomic E-state index is 0.217. The molecule has 5 aromatic rings. The second kappa shape index (κ2) is 11.8. The SMILES string of the molecule is CCOC(=O)[C@@H](C)Oc1cc(Br)c(C=Nn2c(-c3cc4c(OC)cccc4o3)nc3ccccc3c2=O)cc1OC. The van der Waals surface area contributed by atoms with Crippen LogP contribution in [-0.4, -0.2) is 48.8 Å². The lowest BCUT2D eigenvalue weighted by Gasteiger charge is -2.16. The number of carbonyl (C=O) groups is 1. The maximum atomic E-state index is 13.6. The summed E-state index contributed by atoms with van der Waals surface area (Å²) in [5.74, 6) is 1.40. The van der Waals surface area contributed by atoms with Crippen molar-refractivity contribution >= 4 is 50.0 Å². The molecular formula is C30H26BrN3O7. The van der Waals surface area contributed by atoms with Gasteiger partial charge in [0.2, 0.25) is 5.82 Å². The van der Waals surface area contributed by atoms with Crippen LogP contribution in [0.5, 0.6) is 17.2 Å². The van der Waals surface area contributed by atoms with Crippen LogP contribution in [0.2, 0.25) is 0 Å². The van der Waals surface area contributed by atoms with Crippen LogP contribution in [0.3, 0.4) is 0 Å². The number of methoxy groups -OCH3 is 2. The monoisotopic (exact) mass is 619 g/mol. The van der Waals surface area contributed by atoms with Gasteiger partial charge in [-0.25, -0.2) is 9.78 Å². The molecule has 210 valence electrons. The molecule has 0 aliphatic heterocycles. The number of rotatable bonds is 9. The maximum absolute atomic E-state index is 13.6. The van der Waals surface area contributed by atoms with Crippen LogP contribution in [0.25, 0.3) is 33.5 Å². The van der Waals surface area contributed by atoms with Gasteiger partial charge in [0.05, 0.1) is 43.3 Å². The van der Waals surface area contributed by atoms with E-state index >= 15 is 0 Å². The van der Waals surface area contributed by atoms with Crippen molar-refractivity contribution < 1.29 is 28.2 Å². The number of carbonyl (C=O) groups excluding carboxylic acids is 1. The van der Waals surface area contributed by atoms with E-state index in [0.29, 0.717) is 49.5 Å². The van der Waals surface area contributed by atoms with Crippen molar-refractivity contribution in [2.45, 2.75) is 20.0 Å². The molecule has 11 heteroatoms. The predicted octanol–water partition coefficient (Wildman–Crippen LogP) is 5.80. The van der Waals surface area contributed by atoms with Gasteiger partial charge in [0.15, 0.2) is 23.4 Å². The van der Waals surface area contributed by atoms with E-state index in [-0.39, 0.29) is 18.0 Å². The third-order valence-electron chi connectivity index (χ3n) is 6.23. The van der Waals surface area contributed by atoms with Crippen molar-refractivity contribution in [2.75, 3.05) is 20.8 Å². The summed E-state index contributed by atoms with van der Waals surface area (Å²) in [4.78, 5) is 30.4. The first-order valence-corrected chi connectivity index (χ1v) is 13.5. The Bertz CT molecular complexity index is 1840. The molecule has 2 heterocycles. The number of benzene rings is 3. The zero-order chi connectivity index (χ0) is 29.1. The topological polar surface area (TPSA) is 114 Å². The van der Waals surface area contributed by atoms with Gasteiger partial charge < -0.3 is 23.4 Å². The molecule has 0 N–H and O–H groups in total. The molecule has 0 aliphatic carbocycles. The molecule has 1 atom stereocenters. The fraction of sp³-hybridized carbons (Fsp3) is 0.200. The molecule has 5 rings (SSSR count). The van der Waals surface area contributed by atoms with Gasteiger partial charge in [-0.15, -0.1) is 0 Å². The molecule has 0 spiro atoms. The molecule has 2 aromatic heterocycles. The van der Waals surface area contributed by atoms with E-state index in [1.807, 2.05) is 24.3 Å². The molecule has 10 nitrogen and oxygen atoms in total. The van der Waals surface area contributed by atoms with Crippen LogP contribution in [0.4, 0.5) is 0 Å². The van der Waals surface area contributed by atoms with Crippen LogP contribution in [0.1, 0.15) is 19.4 Å². The largest absolute Gasteiger partial charge is 0.496 e. The Morgan fingerprint density at radius 3 is 2.59 bits per heavy atom. The first-order chi connectivity index (χ1) is 19.8. The minimum atomic E-state index is -0.845. The average molecular weight is 620 g/mol. The summed E-state index contributed by atoms with van der Waals surface area (Å²) in [5, 5.41) is 5.66. The molecule has 41 heavy (non-hydrogen) atoms. The van der Waals surface area contributed by atoms with Crippen molar-refractivity contribution in [2.24, 2.45) is 5.10 Å². The second-order valence-corrected chi connectivity index (χ2v) is 9.69. The Labute approximate surface area is 243 Å². The molecule has 0 fully saturated rings. The summed E-state index contributed by atoms with van der Waals surface area (Å²) < 4.78 is 29.6. The molecule has 0 aliphatic rings. The van der Waals surface area contributed by atoms with Gasteiger partial charge in [0, 0.05) is 10.0 Å². The summed E-state index contributed by atoms with van der Waals surface area (Å²) in [7, 11) is 3.06. The number of aromatic nitrogens is 2.